The first-order chi connectivity index (χ1) is 17.0. The molecule has 3 aromatic rings. The van der Waals surface area contributed by atoms with Crippen molar-refractivity contribution >= 4 is 46.4 Å². The summed E-state index contributed by atoms with van der Waals surface area (Å²) in [5, 5.41) is 2.01. The molecule has 0 spiro atoms. The molecule has 2 aromatic carbocycles. The average Bonchev–Trinajstić information content (AvgIpc) is 3.42. The minimum atomic E-state index is -0.0494. The van der Waals surface area contributed by atoms with Gasteiger partial charge in [-0.1, -0.05) is 48.0 Å². The van der Waals surface area contributed by atoms with E-state index < -0.39 is 0 Å². The SMILES string of the molecule is CCN(Cc1csc(Cl)c1)C(=O)N1C2CC[C@@H]1CN(C(=O)N(c1ccccc1)c1ccccc1)C2. The van der Waals surface area contributed by atoms with Gasteiger partial charge in [0.15, 0.2) is 0 Å². The highest BCUT2D eigenvalue weighted by molar-refractivity contribution is 7.14. The van der Waals surface area contributed by atoms with Crippen LogP contribution in [0.5, 0.6) is 0 Å². The number of nitrogens with zero attached hydrogens (tertiary/aromatic N) is 4. The Morgan fingerprint density at radius 2 is 1.51 bits per heavy atom. The zero-order valence-electron chi connectivity index (χ0n) is 19.7. The van der Waals surface area contributed by atoms with Crippen molar-refractivity contribution in [1.82, 2.24) is 14.7 Å². The summed E-state index contributed by atoms with van der Waals surface area (Å²) in [6.07, 6.45) is 1.83. The molecule has 2 fully saturated rings. The second kappa shape index (κ2) is 10.3. The highest BCUT2D eigenvalue weighted by Gasteiger charge is 2.45. The Labute approximate surface area is 215 Å². The van der Waals surface area contributed by atoms with Gasteiger partial charge in [0.25, 0.3) is 0 Å². The van der Waals surface area contributed by atoms with Crippen LogP contribution in [0.15, 0.2) is 72.1 Å². The fourth-order valence-electron chi connectivity index (χ4n) is 5.16. The Bertz CT molecular complexity index is 1120. The van der Waals surface area contributed by atoms with E-state index in [4.69, 9.17) is 11.6 Å². The molecule has 2 saturated heterocycles. The molecule has 182 valence electrons. The Balaban J connectivity index is 1.33. The number of anilines is 2. The predicted octanol–water partition coefficient (Wildman–Crippen LogP) is 6.45. The standard InChI is InChI=1S/C27H29ClN4O2S/c1-2-29(16-20-15-25(28)35-19-20)26(33)32-23-13-14-24(32)18-30(17-23)27(34)31(21-9-5-3-6-10-21)22-11-7-4-8-12-22/h3-12,15,19,23-24H,2,13-14,16-18H2,1H3/t23-,24?/m1/s1. The average molecular weight is 509 g/mol. The third kappa shape index (κ3) is 4.88. The number of likely N-dealkylation sites (tertiary alicyclic amines) is 1. The number of urea groups is 2. The molecule has 0 radical (unpaired) electrons. The normalized spacial score (nSPS) is 19.0. The van der Waals surface area contributed by atoms with Crippen LogP contribution in [0.25, 0.3) is 0 Å². The Morgan fingerprint density at radius 1 is 0.943 bits per heavy atom. The molecule has 0 saturated carbocycles. The number of halogens is 1. The van der Waals surface area contributed by atoms with E-state index >= 15 is 0 Å². The van der Waals surface area contributed by atoms with Crippen LogP contribution >= 0.6 is 22.9 Å². The number of hydrogen-bond acceptors (Lipinski definition) is 3. The molecule has 3 heterocycles. The van der Waals surface area contributed by atoms with Crippen LogP contribution in [-0.4, -0.2) is 58.5 Å². The van der Waals surface area contributed by atoms with Crippen LogP contribution in [0.3, 0.4) is 0 Å². The van der Waals surface area contributed by atoms with Gasteiger partial charge in [-0.25, -0.2) is 9.59 Å². The third-order valence-corrected chi connectivity index (χ3v) is 7.98. The number of carbonyl (C=O) groups excluding carboxylic acids is 2. The van der Waals surface area contributed by atoms with Crippen LogP contribution in [-0.2, 0) is 6.54 Å². The van der Waals surface area contributed by atoms with Crippen LogP contribution in [0.1, 0.15) is 25.3 Å². The maximum atomic E-state index is 13.9. The van der Waals surface area contributed by atoms with Gasteiger partial charge in [0, 0.05) is 26.2 Å². The first kappa shape index (κ1) is 23.7. The molecule has 8 heteroatoms. The predicted molar refractivity (Wildman–Crippen MR) is 141 cm³/mol. The Morgan fingerprint density at radius 3 is 2.00 bits per heavy atom. The molecule has 2 aliphatic heterocycles. The number of amides is 4. The summed E-state index contributed by atoms with van der Waals surface area (Å²) in [6.45, 7) is 4.26. The van der Waals surface area contributed by atoms with E-state index in [1.165, 1.54) is 11.3 Å². The minimum Gasteiger partial charge on any atom is -0.321 e. The van der Waals surface area contributed by atoms with E-state index in [0.717, 1.165) is 34.1 Å². The van der Waals surface area contributed by atoms with Gasteiger partial charge in [0.2, 0.25) is 0 Å². The molecule has 5 rings (SSSR count). The van der Waals surface area contributed by atoms with Crippen LogP contribution < -0.4 is 4.90 Å². The van der Waals surface area contributed by atoms with Crippen molar-refractivity contribution in [3.8, 4) is 0 Å². The number of carbonyl (C=O) groups is 2. The lowest BCUT2D eigenvalue weighted by Crippen LogP contribution is -2.61. The number of rotatable bonds is 5. The number of hydrogen-bond donors (Lipinski definition) is 0. The zero-order chi connectivity index (χ0) is 24.4. The van der Waals surface area contributed by atoms with Crippen molar-refractivity contribution in [2.24, 2.45) is 0 Å². The molecule has 0 N–H and O–H groups in total. The number of benzene rings is 2. The van der Waals surface area contributed by atoms with Gasteiger partial charge >= 0.3 is 12.1 Å². The molecule has 4 amide bonds. The van der Waals surface area contributed by atoms with E-state index in [-0.39, 0.29) is 24.1 Å². The summed E-state index contributed by atoms with van der Waals surface area (Å²) in [6, 6.07) is 21.5. The lowest BCUT2D eigenvalue weighted by Gasteiger charge is -2.44. The van der Waals surface area contributed by atoms with Gasteiger partial charge in [-0.15, -0.1) is 11.3 Å². The molecule has 6 nitrogen and oxygen atoms in total. The first-order valence-corrected chi connectivity index (χ1v) is 13.3. The molecule has 0 aliphatic carbocycles. The van der Waals surface area contributed by atoms with Gasteiger partial charge in [0.1, 0.15) is 0 Å². The summed E-state index contributed by atoms with van der Waals surface area (Å²) in [4.78, 5) is 35.0. The quantitative estimate of drug-likeness (QED) is 0.397. The summed E-state index contributed by atoms with van der Waals surface area (Å²) in [5.74, 6) is 0. The van der Waals surface area contributed by atoms with E-state index in [1.54, 1.807) is 4.90 Å². The van der Waals surface area contributed by atoms with Gasteiger partial charge in [0.05, 0.1) is 27.8 Å². The van der Waals surface area contributed by atoms with Crippen molar-refractivity contribution in [2.75, 3.05) is 24.5 Å². The maximum absolute atomic E-state index is 13.9. The fourth-order valence-corrected chi connectivity index (χ4v) is 6.06. The summed E-state index contributed by atoms with van der Waals surface area (Å²) < 4.78 is 0.733. The van der Waals surface area contributed by atoms with Crippen molar-refractivity contribution in [2.45, 2.75) is 38.4 Å². The molecule has 1 unspecified atom stereocenters. The van der Waals surface area contributed by atoms with Gasteiger partial charge in [-0.3, -0.25) is 4.90 Å². The monoisotopic (exact) mass is 508 g/mol. The lowest BCUT2D eigenvalue weighted by atomic mass is 10.2. The number of para-hydroxylation sites is 2. The molecule has 1 aromatic heterocycles. The van der Waals surface area contributed by atoms with Crippen molar-refractivity contribution in [3.05, 3.63) is 82.0 Å². The third-order valence-electron chi connectivity index (χ3n) is 6.84. The van der Waals surface area contributed by atoms with E-state index in [9.17, 15) is 9.59 Å². The van der Waals surface area contributed by atoms with Gasteiger partial charge in [-0.05, 0) is 61.0 Å². The molecular formula is C27H29ClN4O2S. The molecular weight excluding hydrogens is 480 g/mol. The summed E-state index contributed by atoms with van der Waals surface area (Å²) in [7, 11) is 0. The number of thiophene rings is 1. The molecule has 35 heavy (non-hydrogen) atoms. The second-order valence-corrected chi connectivity index (χ2v) is 10.6. The van der Waals surface area contributed by atoms with Gasteiger partial charge in [-0.2, -0.15) is 0 Å². The smallest absolute Gasteiger partial charge is 0.321 e. The number of piperazine rings is 1. The lowest BCUT2D eigenvalue weighted by molar-refractivity contribution is 0.0817. The van der Waals surface area contributed by atoms with Gasteiger partial charge < -0.3 is 14.7 Å². The largest absolute Gasteiger partial charge is 0.329 e. The topological polar surface area (TPSA) is 47.1 Å². The van der Waals surface area contributed by atoms with Crippen LogP contribution in [0.4, 0.5) is 21.0 Å². The highest BCUT2D eigenvalue weighted by atomic mass is 35.5. The summed E-state index contributed by atoms with van der Waals surface area (Å²) in [5.41, 5.74) is 2.72. The maximum Gasteiger partial charge on any atom is 0.329 e. The van der Waals surface area contributed by atoms with Crippen LogP contribution in [0.2, 0.25) is 4.34 Å². The zero-order valence-corrected chi connectivity index (χ0v) is 21.3. The second-order valence-electron chi connectivity index (χ2n) is 9.04. The van der Waals surface area contributed by atoms with Crippen molar-refractivity contribution in [1.29, 1.82) is 0 Å². The molecule has 2 bridgehead atoms. The fraction of sp³-hybridized carbons (Fsp3) is 0.333. The van der Waals surface area contributed by atoms with Crippen molar-refractivity contribution < 1.29 is 9.59 Å². The van der Waals surface area contributed by atoms with E-state index in [2.05, 4.69) is 0 Å². The van der Waals surface area contributed by atoms with Crippen LogP contribution in [0, 0.1) is 0 Å². The molecule has 2 aliphatic rings. The van der Waals surface area contributed by atoms with Crippen molar-refractivity contribution in [3.63, 3.8) is 0 Å². The number of fused-ring (bicyclic) bond motifs is 2. The molecule has 2 atom stereocenters. The minimum absolute atomic E-state index is 0.0266. The Hall–Kier alpha value is -3.03. The first-order valence-electron chi connectivity index (χ1n) is 12.0. The Kier molecular flexibility index (Phi) is 6.97. The highest BCUT2D eigenvalue weighted by Crippen LogP contribution is 2.34. The van der Waals surface area contributed by atoms with E-state index in [0.29, 0.717) is 26.2 Å². The summed E-state index contributed by atoms with van der Waals surface area (Å²) >= 11 is 7.58. The van der Waals surface area contributed by atoms with E-state index in [1.807, 2.05) is 93.7 Å².